The molecule has 1 aliphatic rings. The summed E-state index contributed by atoms with van der Waals surface area (Å²) in [6.07, 6.45) is -0.224. The van der Waals surface area contributed by atoms with E-state index in [9.17, 15) is 4.79 Å². The van der Waals surface area contributed by atoms with Crippen LogP contribution in [-0.2, 0) is 4.74 Å². The molecule has 0 spiro atoms. The number of rotatable bonds is 6. The molecule has 5 nitrogen and oxygen atoms in total. The Morgan fingerprint density at radius 1 is 1.12 bits per heavy atom. The number of benzene rings is 2. The van der Waals surface area contributed by atoms with Gasteiger partial charge in [-0.1, -0.05) is 24.3 Å². The van der Waals surface area contributed by atoms with Gasteiger partial charge in [-0.05, 0) is 36.8 Å². The highest BCUT2D eigenvalue weighted by Gasteiger charge is 2.32. The van der Waals surface area contributed by atoms with Crippen molar-refractivity contribution in [3.63, 3.8) is 0 Å². The molecule has 1 aliphatic heterocycles. The summed E-state index contributed by atoms with van der Waals surface area (Å²) in [5.74, 6) is 0.840. The first-order valence-corrected chi connectivity index (χ1v) is 8.13. The van der Waals surface area contributed by atoms with Crippen molar-refractivity contribution in [2.75, 3.05) is 32.2 Å². The van der Waals surface area contributed by atoms with Crippen molar-refractivity contribution in [3.05, 3.63) is 59.7 Å². The van der Waals surface area contributed by atoms with E-state index in [4.69, 9.17) is 9.47 Å². The number of hydrogen-bond acceptors (Lipinski definition) is 4. The summed E-state index contributed by atoms with van der Waals surface area (Å²) in [4.78, 5) is 14.7. The molecule has 1 heterocycles. The maximum Gasteiger partial charge on any atom is 0.257 e. The zero-order valence-electron chi connectivity index (χ0n) is 14.0. The van der Waals surface area contributed by atoms with Crippen molar-refractivity contribution < 1.29 is 14.3 Å². The second-order valence-corrected chi connectivity index (χ2v) is 5.59. The molecule has 0 unspecified atom stereocenters. The molecule has 0 bridgehead atoms. The van der Waals surface area contributed by atoms with Crippen LogP contribution in [0.25, 0.3) is 0 Å². The molecular weight excluding hydrogens is 304 g/mol. The van der Waals surface area contributed by atoms with Crippen molar-refractivity contribution in [3.8, 4) is 5.75 Å². The monoisotopic (exact) mass is 326 g/mol. The minimum atomic E-state index is -0.224. The average Bonchev–Trinajstić information content (AvgIpc) is 2.62. The molecule has 0 saturated carbocycles. The third-order valence-electron chi connectivity index (χ3n) is 4.07. The lowest BCUT2D eigenvalue weighted by Crippen LogP contribution is -2.44. The summed E-state index contributed by atoms with van der Waals surface area (Å²) in [6.45, 7) is 3.60. The van der Waals surface area contributed by atoms with Crippen LogP contribution >= 0.6 is 0 Å². The number of methoxy groups -OCH3 is 1. The zero-order valence-corrected chi connectivity index (χ0v) is 14.0. The fraction of sp³-hybridized carbons (Fsp3) is 0.316. The van der Waals surface area contributed by atoms with E-state index in [2.05, 4.69) is 5.32 Å². The summed E-state index contributed by atoms with van der Waals surface area (Å²) < 4.78 is 10.7. The van der Waals surface area contributed by atoms with Crippen LogP contribution in [0.2, 0.25) is 0 Å². The number of para-hydroxylation sites is 1. The normalized spacial score (nSPS) is 16.5. The summed E-state index contributed by atoms with van der Waals surface area (Å²) in [7, 11) is 1.64. The molecule has 0 aliphatic carbocycles. The standard InChI is InChI=1S/C19H22N2O3/c1-3-24-15-10-8-14(9-11-15)18-20-17-7-5-4-6-16(17)19(22)21(18)12-13-23-2/h4-11,18,20H,3,12-13H2,1-2H3/t18-/m0/s1. The Morgan fingerprint density at radius 3 is 2.58 bits per heavy atom. The Morgan fingerprint density at radius 2 is 1.88 bits per heavy atom. The summed E-state index contributed by atoms with van der Waals surface area (Å²) in [6, 6.07) is 15.4. The first-order chi connectivity index (χ1) is 11.7. The summed E-state index contributed by atoms with van der Waals surface area (Å²) in [5.41, 5.74) is 2.56. The lowest BCUT2D eigenvalue weighted by atomic mass is 10.0. The molecule has 0 saturated heterocycles. The lowest BCUT2D eigenvalue weighted by Gasteiger charge is -2.38. The van der Waals surface area contributed by atoms with Gasteiger partial charge >= 0.3 is 0 Å². The molecule has 0 aromatic heterocycles. The number of hydrogen-bond donors (Lipinski definition) is 1. The van der Waals surface area contributed by atoms with E-state index in [1.165, 1.54) is 0 Å². The van der Waals surface area contributed by atoms with Crippen LogP contribution in [0.15, 0.2) is 48.5 Å². The van der Waals surface area contributed by atoms with Crippen molar-refractivity contribution in [1.82, 2.24) is 4.90 Å². The van der Waals surface area contributed by atoms with Gasteiger partial charge in [-0.3, -0.25) is 4.79 Å². The van der Waals surface area contributed by atoms with Crippen LogP contribution in [-0.4, -0.2) is 37.7 Å². The van der Waals surface area contributed by atoms with Gasteiger partial charge in [0.1, 0.15) is 11.9 Å². The van der Waals surface area contributed by atoms with Gasteiger partial charge in [0, 0.05) is 19.3 Å². The van der Waals surface area contributed by atoms with Crippen LogP contribution in [0.5, 0.6) is 5.75 Å². The van der Waals surface area contributed by atoms with Crippen LogP contribution < -0.4 is 10.1 Å². The van der Waals surface area contributed by atoms with E-state index in [0.29, 0.717) is 25.3 Å². The van der Waals surface area contributed by atoms with E-state index >= 15 is 0 Å². The molecule has 0 radical (unpaired) electrons. The second-order valence-electron chi connectivity index (χ2n) is 5.59. The Labute approximate surface area is 142 Å². The highest BCUT2D eigenvalue weighted by Crippen LogP contribution is 2.33. The third kappa shape index (κ3) is 3.21. The topological polar surface area (TPSA) is 50.8 Å². The molecule has 1 N–H and O–H groups in total. The molecule has 0 fully saturated rings. The second kappa shape index (κ2) is 7.36. The molecule has 126 valence electrons. The average molecular weight is 326 g/mol. The van der Waals surface area contributed by atoms with Gasteiger partial charge in [-0.25, -0.2) is 0 Å². The molecule has 1 amide bonds. The van der Waals surface area contributed by atoms with Crippen molar-refractivity contribution in [1.29, 1.82) is 0 Å². The number of ether oxygens (including phenoxy) is 2. The largest absolute Gasteiger partial charge is 0.494 e. The Balaban J connectivity index is 1.92. The van der Waals surface area contributed by atoms with Crippen molar-refractivity contribution >= 4 is 11.6 Å². The highest BCUT2D eigenvalue weighted by molar-refractivity contribution is 6.01. The number of amides is 1. The van der Waals surface area contributed by atoms with Gasteiger partial charge in [0.25, 0.3) is 5.91 Å². The Hall–Kier alpha value is -2.53. The molecule has 1 atom stereocenters. The van der Waals surface area contributed by atoms with Gasteiger partial charge in [-0.15, -0.1) is 0 Å². The number of fused-ring (bicyclic) bond motifs is 1. The van der Waals surface area contributed by atoms with Crippen LogP contribution in [0.3, 0.4) is 0 Å². The number of carbonyl (C=O) groups excluding carboxylic acids is 1. The number of anilines is 1. The van der Waals surface area contributed by atoms with Gasteiger partial charge in [0.05, 0.1) is 18.8 Å². The fourth-order valence-corrected chi connectivity index (χ4v) is 2.89. The molecular formula is C19H22N2O3. The summed E-state index contributed by atoms with van der Waals surface area (Å²) in [5, 5.41) is 3.46. The SMILES string of the molecule is CCOc1ccc([C@H]2Nc3ccccc3C(=O)N2CCOC)cc1. The van der Waals surface area contributed by atoms with E-state index in [-0.39, 0.29) is 12.1 Å². The number of nitrogens with zero attached hydrogens (tertiary/aromatic N) is 1. The maximum atomic E-state index is 12.9. The van der Waals surface area contributed by atoms with Gasteiger partial charge < -0.3 is 19.7 Å². The molecule has 2 aromatic carbocycles. The van der Waals surface area contributed by atoms with Crippen LogP contribution in [0.4, 0.5) is 5.69 Å². The number of nitrogens with one attached hydrogen (secondary N) is 1. The van der Waals surface area contributed by atoms with Crippen LogP contribution in [0.1, 0.15) is 29.0 Å². The predicted octanol–water partition coefficient (Wildman–Crippen LogP) is 3.30. The maximum absolute atomic E-state index is 12.9. The third-order valence-corrected chi connectivity index (χ3v) is 4.07. The van der Waals surface area contributed by atoms with Crippen LogP contribution in [0, 0.1) is 0 Å². The Kier molecular flexibility index (Phi) is 5.01. The molecule has 24 heavy (non-hydrogen) atoms. The molecule has 2 aromatic rings. The highest BCUT2D eigenvalue weighted by atomic mass is 16.5. The first-order valence-electron chi connectivity index (χ1n) is 8.13. The fourth-order valence-electron chi connectivity index (χ4n) is 2.89. The van der Waals surface area contributed by atoms with Gasteiger partial charge in [0.15, 0.2) is 0 Å². The smallest absolute Gasteiger partial charge is 0.257 e. The lowest BCUT2D eigenvalue weighted by molar-refractivity contribution is 0.0609. The van der Waals surface area contributed by atoms with Crippen molar-refractivity contribution in [2.24, 2.45) is 0 Å². The molecule has 3 rings (SSSR count). The molecule has 5 heteroatoms. The quantitative estimate of drug-likeness (QED) is 0.885. The predicted molar refractivity (Wildman–Crippen MR) is 93.3 cm³/mol. The van der Waals surface area contributed by atoms with Crippen molar-refractivity contribution in [2.45, 2.75) is 13.1 Å². The van der Waals surface area contributed by atoms with E-state index < -0.39 is 0 Å². The van der Waals surface area contributed by atoms with E-state index in [1.54, 1.807) is 7.11 Å². The minimum absolute atomic E-state index is 0.0142. The Bertz CT molecular complexity index is 700. The van der Waals surface area contributed by atoms with E-state index in [1.807, 2.05) is 60.4 Å². The van der Waals surface area contributed by atoms with E-state index in [0.717, 1.165) is 17.0 Å². The minimum Gasteiger partial charge on any atom is -0.494 e. The first kappa shape index (κ1) is 16.3. The van der Waals surface area contributed by atoms with Gasteiger partial charge in [-0.2, -0.15) is 0 Å². The zero-order chi connectivity index (χ0) is 16.9. The van der Waals surface area contributed by atoms with Gasteiger partial charge in [0.2, 0.25) is 0 Å². The number of carbonyl (C=O) groups is 1. The summed E-state index contributed by atoms with van der Waals surface area (Å²) >= 11 is 0.